The van der Waals surface area contributed by atoms with Crippen LogP contribution in [-0.2, 0) is 6.42 Å². The molecule has 0 unspecified atom stereocenters. The maximum absolute atomic E-state index is 5.44. The largest absolute Gasteiger partial charge is 0.364 e. The van der Waals surface area contributed by atoms with Crippen molar-refractivity contribution in [3.8, 4) is 0 Å². The molecule has 0 saturated heterocycles. The van der Waals surface area contributed by atoms with Crippen molar-refractivity contribution in [3.63, 3.8) is 0 Å². The van der Waals surface area contributed by atoms with E-state index in [1.54, 1.807) is 6.26 Å². The summed E-state index contributed by atoms with van der Waals surface area (Å²) in [6, 6.07) is 1.83. The Bertz CT molecular complexity index is 557. The van der Waals surface area contributed by atoms with Gasteiger partial charge >= 0.3 is 0 Å². The minimum Gasteiger partial charge on any atom is -0.364 e. The van der Waals surface area contributed by atoms with Crippen molar-refractivity contribution in [2.75, 3.05) is 0 Å². The number of aromatic nitrogens is 3. The fraction of sp³-hybridized carbons (Fsp3) is 0.667. The Hall–Kier alpha value is -1.65. The van der Waals surface area contributed by atoms with Crippen molar-refractivity contribution in [1.82, 2.24) is 15.3 Å². The van der Waals surface area contributed by atoms with E-state index in [1.807, 2.05) is 6.07 Å². The third-order valence-corrected chi connectivity index (χ3v) is 4.73. The molecule has 2 saturated carbocycles. The van der Waals surface area contributed by atoms with Gasteiger partial charge in [0, 0.05) is 12.0 Å². The Morgan fingerprint density at radius 3 is 2.85 bits per heavy atom. The zero-order valence-electron chi connectivity index (χ0n) is 11.5. The van der Waals surface area contributed by atoms with Crippen molar-refractivity contribution >= 4 is 0 Å². The molecule has 0 radical (unpaired) electrons. The Morgan fingerprint density at radius 1 is 1.15 bits per heavy atom. The molecule has 0 N–H and O–H groups in total. The number of hydrogen-bond donors (Lipinski definition) is 0. The lowest BCUT2D eigenvalue weighted by atomic mass is 9.85. The minimum atomic E-state index is 0.511. The summed E-state index contributed by atoms with van der Waals surface area (Å²) in [7, 11) is 0. The summed E-state index contributed by atoms with van der Waals surface area (Å²) in [5.41, 5.74) is 0.844. The van der Waals surface area contributed by atoms with Gasteiger partial charge in [-0.2, -0.15) is 4.98 Å². The predicted octanol–water partition coefficient (Wildman–Crippen LogP) is 3.33. The van der Waals surface area contributed by atoms with E-state index in [-0.39, 0.29) is 0 Å². The lowest BCUT2D eigenvalue weighted by Crippen LogP contribution is -2.09. The first-order valence-electron chi connectivity index (χ1n) is 7.62. The molecule has 0 aliphatic heterocycles. The van der Waals surface area contributed by atoms with Gasteiger partial charge in [0.05, 0.1) is 12.1 Å². The summed E-state index contributed by atoms with van der Waals surface area (Å²) in [5, 5.41) is 7.94. The van der Waals surface area contributed by atoms with Crippen LogP contribution in [0.25, 0.3) is 0 Å². The molecule has 5 heteroatoms. The molecule has 106 valence electrons. The molecular weight excluding hydrogens is 254 g/mol. The molecule has 2 fully saturated rings. The molecule has 0 bridgehead atoms. The van der Waals surface area contributed by atoms with Crippen molar-refractivity contribution in [2.24, 2.45) is 11.8 Å². The number of hydrogen-bond acceptors (Lipinski definition) is 5. The Kier molecular flexibility index (Phi) is 3.05. The highest BCUT2D eigenvalue weighted by Gasteiger charge is 2.47. The molecular formula is C15H19N3O2. The second-order valence-electron chi connectivity index (χ2n) is 6.12. The van der Waals surface area contributed by atoms with Crippen LogP contribution in [0.5, 0.6) is 0 Å². The second kappa shape index (κ2) is 5.04. The van der Waals surface area contributed by atoms with Crippen LogP contribution in [0.4, 0.5) is 0 Å². The number of nitrogens with zero attached hydrogens (tertiary/aromatic N) is 3. The van der Waals surface area contributed by atoms with Gasteiger partial charge in [-0.15, -0.1) is 0 Å². The lowest BCUT2D eigenvalue weighted by Gasteiger charge is -2.21. The molecule has 0 spiro atoms. The van der Waals surface area contributed by atoms with Crippen molar-refractivity contribution in [3.05, 3.63) is 29.7 Å². The van der Waals surface area contributed by atoms with Crippen LogP contribution in [-0.4, -0.2) is 15.3 Å². The third kappa shape index (κ3) is 2.37. The molecule has 2 heterocycles. The van der Waals surface area contributed by atoms with Gasteiger partial charge in [0.25, 0.3) is 0 Å². The van der Waals surface area contributed by atoms with Crippen molar-refractivity contribution in [2.45, 2.75) is 50.9 Å². The predicted molar refractivity (Wildman–Crippen MR) is 71.0 cm³/mol. The molecule has 2 aromatic rings. The van der Waals surface area contributed by atoms with Crippen molar-refractivity contribution < 1.29 is 9.05 Å². The van der Waals surface area contributed by atoms with Gasteiger partial charge in [-0.05, 0) is 18.3 Å². The maximum atomic E-state index is 5.44. The topological polar surface area (TPSA) is 65.0 Å². The third-order valence-electron chi connectivity index (χ3n) is 4.73. The minimum absolute atomic E-state index is 0.511. The summed E-state index contributed by atoms with van der Waals surface area (Å²) >= 11 is 0. The van der Waals surface area contributed by atoms with Gasteiger partial charge < -0.3 is 9.05 Å². The molecule has 5 nitrogen and oxygen atoms in total. The first kappa shape index (κ1) is 12.1. The molecule has 2 aliphatic rings. The van der Waals surface area contributed by atoms with Crippen LogP contribution in [0.15, 0.2) is 21.4 Å². The molecule has 2 atom stereocenters. The Morgan fingerprint density at radius 2 is 2.05 bits per heavy atom. The fourth-order valence-corrected chi connectivity index (χ4v) is 3.56. The highest BCUT2D eigenvalue weighted by atomic mass is 16.5. The first-order chi connectivity index (χ1) is 9.90. The monoisotopic (exact) mass is 273 g/mol. The SMILES string of the molecule is c1cc(Cc2noc([C@@H]3C[C@H]3C3CCCCC3)n2)no1. The summed E-state index contributed by atoms with van der Waals surface area (Å²) in [4.78, 5) is 4.53. The highest BCUT2D eigenvalue weighted by Crippen LogP contribution is 2.54. The fourth-order valence-electron chi connectivity index (χ4n) is 3.56. The standard InChI is InChI=1S/C15H19N3O2/c1-2-4-10(5-3-1)12-9-13(12)15-16-14(18-20-15)8-11-6-7-19-17-11/h6-7,10,12-13H,1-5,8-9H2/t12-,13+/m0/s1. The van der Waals surface area contributed by atoms with E-state index in [1.165, 1.54) is 38.5 Å². The van der Waals surface area contributed by atoms with E-state index < -0.39 is 0 Å². The molecule has 4 rings (SSSR count). The Balaban J connectivity index is 1.39. The van der Waals surface area contributed by atoms with Gasteiger partial charge in [-0.25, -0.2) is 0 Å². The van der Waals surface area contributed by atoms with E-state index in [0.717, 1.165) is 23.4 Å². The average molecular weight is 273 g/mol. The summed E-state index contributed by atoms with van der Waals surface area (Å²) in [6.07, 6.45) is 10.4. The van der Waals surface area contributed by atoms with E-state index in [0.29, 0.717) is 18.2 Å². The molecule has 0 aromatic carbocycles. The summed E-state index contributed by atoms with van der Waals surface area (Å²) < 4.78 is 10.3. The summed E-state index contributed by atoms with van der Waals surface area (Å²) in [5.74, 6) is 3.73. The quantitative estimate of drug-likeness (QED) is 0.854. The first-order valence-corrected chi connectivity index (χ1v) is 7.62. The van der Waals surface area contributed by atoms with Crippen LogP contribution in [0.1, 0.15) is 61.9 Å². The normalized spacial score (nSPS) is 26.8. The molecule has 20 heavy (non-hydrogen) atoms. The van der Waals surface area contributed by atoms with Crippen LogP contribution >= 0.6 is 0 Å². The van der Waals surface area contributed by atoms with Gasteiger partial charge in [-0.1, -0.05) is 42.4 Å². The lowest BCUT2D eigenvalue weighted by molar-refractivity contribution is 0.305. The van der Waals surface area contributed by atoms with E-state index in [9.17, 15) is 0 Å². The van der Waals surface area contributed by atoms with E-state index in [4.69, 9.17) is 9.05 Å². The van der Waals surface area contributed by atoms with Crippen molar-refractivity contribution in [1.29, 1.82) is 0 Å². The highest BCUT2D eigenvalue weighted by molar-refractivity contribution is 5.11. The smallest absolute Gasteiger partial charge is 0.230 e. The summed E-state index contributed by atoms with van der Waals surface area (Å²) in [6.45, 7) is 0. The van der Waals surface area contributed by atoms with Gasteiger partial charge in [0.2, 0.25) is 5.89 Å². The molecule has 2 aromatic heterocycles. The molecule has 0 amide bonds. The van der Waals surface area contributed by atoms with Crippen LogP contribution in [0.3, 0.4) is 0 Å². The number of rotatable bonds is 4. The van der Waals surface area contributed by atoms with Gasteiger partial charge in [0.1, 0.15) is 6.26 Å². The second-order valence-corrected chi connectivity index (χ2v) is 6.12. The van der Waals surface area contributed by atoms with Crippen LogP contribution in [0.2, 0.25) is 0 Å². The maximum Gasteiger partial charge on any atom is 0.230 e. The van der Waals surface area contributed by atoms with Crippen LogP contribution in [0, 0.1) is 11.8 Å². The van der Waals surface area contributed by atoms with Gasteiger partial charge in [-0.3, -0.25) is 0 Å². The zero-order chi connectivity index (χ0) is 13.4. The van der Waals surface area contributed by atoms with Crippen LogP contribution < -0.4 is 0 Å². The Labute approximate surface area is 117 Å². The zero-order valence-corrected chi connectivity index (χ0v) is 11.5. The van der Waals surface area contributed by atoms with Gasteiger partial charge in [0.15, 0.2) is 5.82 Å². The van der Waals surface area contributed by atoms with E-state index >= 15 is 0 Å². The average Bonchev–Trinajstić information content (AvgIpc) is 2.89. The molecule has 2 aliphatic carbocycles. The van der Waals surface area contributed by atoms with E-state index in [2.05, 4.69) is 15.3 Å².